The maximum Gasteiger partial charge on any atom is 0.433 e. The van der Waals surface area contributed by atoms with Crippen LogP contribution in [0.4, 0.5) is 5.88 Å². The first kappa shape index (κ1) is 14.3. The van der Waals surface area contributed by atoms with E-state index in [4.69, 9.17) is 4.42 Å². The minimum Gasteiger partial charge on any atom is -0.401 e. The Kier molecular flexibility index (Phi) is 4.55. The fourth-order valence-corrected chi connectivity index (χ4v) is 2.45. The van der Waals surface area contributed by atoms with E-state index in [1.807, 2.05) is 0 Å². The Morgan fingerprint density at radius 1 is 1.45 bits per heavy atom. The number of amides is 1. The van der Waals surface area contributed by atoms with Crippen LogP contribution in [-0.4, -0.2) is 16.9 Å². The quantitative estimate of drug-likeness (QED) is 0.521. The molecule has 1 aliphatic rings. The van der Waals surface area contributed by atoms with Gasteiger partial charge < -0.3 is 9.73 Å². The normalized spacial score (nSPS) is 22.9. The molecule has 1 aliphatic carbocycles. The van der Waals surface area contributed by atoms with Gasteiger partial charge in [-0.3, -0.25) is 14.9 Å². The molecule has 20 heavy (non-hydrogen) atoms. The third kappa shape index (κ3) is 3.69. The summed E-state index contributed by atoms with van der Waals surface area (Å²) in [5.41, 5.74) is 0. The summed E-state index contributed by atoms with van der Waals surface area (Å²) >= 11 is 0. The molecule has 0 bridgehead atoms. The van der Waals surface area contributed by atoms with Gasteiger partial charge in [0, 0.05) is 12.1 Å². The minimum absolute atomic E-state index is 0.192. The predicted octanol–water partition coefficient (Wildman–Crippen LogP) is 2.90. The molecule has 108 valence electrons. The SMILES string of the molecule is C[C@H]1CCCC[C@H]1NC(=O)/C=C/c1ccc([N+](=O)[O-])o1. The first-order valence-corrected chi connectivity index (χ1v) is 6.79. The van der Waals surface area contributed by atoms with Gasteiger partial charge in [-0.1, -0.05) is 19.8 Å². The molecular weight excluding hydrogens is 260 g/mol. The summed E-state index contributed by atoms with van der Waals surface area (Å²) in [7, 11) is 0. The lowest BCUT2D eigenvalue weighted by atomic mass is 9.86. The molecule has 1 fully saturated rings. The summed E-state index contributed by atoms with van der Waals surface area (Å²) < 4.78 is 4.94. The van der Waals surface area contributed by atoms with Gasteiger partial charge in [0.25, 0.3) is 0 Å². The topological polar surface area (TPSA) is 85.4 Å². The average molecular weight is 278 g/mol. The van der Waals surface area contributed by atoms with E-state index >= 15 is 0 Å². The molecule has 1 heterocycles. The monoisotopic (exact) mass is 278 g/mol. The lowest BCUT2D eigenvalue weighted by Crippen LogP contribution is -2.40. The Morgan fingerprint density at radius 2 is 2.20 bits per heavy atom. The molecule has 1 aromatic rings. The highest BCUT2D eigenvalue weighted by molar-refractivity contribution is 5.91. The number of nitrogens with one attached hydrogen (secondary N) is 1. The largest absolute Gasteiger partial charge is 0.433 e. The summed E-state index contributed by atoms with van der Waals surface area (Å²) in [6.45, 7) is 2.14. The van der Waals surface area contributed by atoms with E-state index < -0.39 is 4.92 Å². The van der Waals surface area contributed by atoms with Gasteiger partial charge in [0.15, 0.2) is 0 Å². The van der Waals surface area contributed by atoms with Crippen LogP contribution < -0.4 is 5.32 Å². The predicted molar refractivity (Wildman–Crippen MR) is 74.0 cm³/mol. The lowest BCUT2D eigenvalue weighted by molar-refractivity contribution is -0.402. The second kappa shape index (κ2) is 6.36. The number of nitro groups is 1. The van der Waals surface area contributed by atoms with Crippen molar-refractivity contribution in [3.8, 4) is 0 Å². The first-order valence-electron chi connectivity index (χ1n) is 6.79. The van der Waals surface area contributed by atoms with Crippen LogP contribution in [0.3, 0.4) is 0 Å². The van der Waals surface area contributed by atoms with Gasteiger partial charge in [-0.25, -0.2) is 0 Å². The van der Waals surface area contributed by atoms with Crippen LogP contribution in [0.1, 0.15) is 38.4 Å². The standard InChI is InChI=1S/C14H18N2O4/c1-10-4-2-3-5-12(10)15-13(17)8-6-11-7-9-14(20-11)16(18)19/h6-10,12H,2-5H2,1H3,(H,15,17)/b8-6+/t10-,12+/m0/s1. The highest BCUT2D eigenvalue weighted by Crippen LogP contribution is 2.23. The van der Waals surface area contributed by atoms with E-state index in [0.29, 0.717) is 11.7 Å². The van der Waals surface area contributed by atoms with Gasteiger partial charge >= 0.3 is 5.88 Å². The number of carbonyl (C=O) groups is 1. The molecular formula is C14H18N2O4. The number of furan rings is 1. The maximum atomic E-state index is 11.8. The van der Waals surface area contributed by atoms with Gasteiger partial charge in [-0.05, 0) is 30.9 Å². The Bertz CT molecular complexity index is 521. The second-order valence-electron chi connectivity index (χ2n) is 5.14. The third-order valence-corrected chi connectivity index (χ3v) is 3.63. The Hall–Kier alpha value is -2.11. The molecule has 0 aliphatic heterocycles. The van der Waals surface area contributed by atoms with Gasteiger partial charge in [0.2, 0.25) is 5.91 Å². The van der Waals surface area contributed by atoms with Crippen molar-refractivity contribution in [2.24, 2.45) is 5.92 Å². The molecule has 2 atom stereocenters. The van der Waals surface area contributed by atoms with Crippen molar-refractivity contribution in [1.82, 2.24) is 5.32 Å². The lowest BCUT2D eigenvalue weighted by Gasteiger charge is -2.29. The van der Waals surface area contributed by atoms with Crippen molar-refractivity contribution in [2.45, 2.75) is 38.6 Å². The zero-order valence-electron chi connectivity index (χ0n) is 11.4. The van der Waals surface area contributed by atoms with Crippen LogP contribution in [0.5, 0.6) is 0 Å². The molecule has 6 nitrogen and oxygen atoms in total. The fourth-order valence-electron chi connectivity index (χ4n) is 2.45. The van der Waals surface area contributed by atoms with Crippen molar-refractivity contribution in [1.29, 1.82) is 0 Å². The molecule has 0 saturated heterocycles. The summed E-state index contributed by atoms with van der Waals surface area (Å²) in [6.07, 6.45) is 7.30. The van der Waals surface area contributed by atoms with Gasteiger partial charge in [0.05, 0.1) is 6.07 Å². The maximum absolute atomic E-state index is 11.8. The van der Waals surface area contributed by atoms with Crippen LogP contribution in [0, 0.1) is 16.0 Å². The minimum atomic E-state index is -0.610. The smallest absolute Gasteiger partial charge is 0.401 e. The Labute approximate surface area is 117 Å². The van der Waals surface area contributed by atoms with E-state index in [1.54, 1.807) is 0 Å². The summed E-state index contributed by atoms with van der Waals surface area (Å²) in [5.74, 6) is 0.267. The van der Waals surface area contributed by atoms with Crippen LogP contribution in [0.25, 0.3) is 6.08 Å². The Morgan fingerprint density at radius 3 is 2.85 bits per heavy atom. The summed E-state index contributed by atoms with van der Waals surface area (Å²) in [6, 6.07) is 2.94. The van der Waals surface area contributed by atoms with Crippen LogP contribution in [0.2, 0.25) is 0 Å². The molecule has 0 spiro atoms. The third-order valence-electron chi connectivity index (χ3n) is 3.63. The summed E-state index contributed by atoms with van der Waals surface area (Å²) in [4.78, 5) is 21.6. The highest BCUT2D eigenvalue weighted by Gasteiger charge is 2.21. The number of carbonyl (C=O) groups excluding carboxylic acids is 1. The molecule has 1 amide bonds. The number of rotatable bonds is 4. The summed E-state index contributed by atoms with van der Waals surface area (Å²) in [5, 5.41) is 13.4. The van der Waals surface area contributed by atoms with E-state index in [-0.39, 0.29) is 17.8 Å². The van der Waals surface area contributed by atoms with Crippen molar-refractivity contribution < 1.29 is 14.1 Å². The first-order chi connectivity index (χ1) is 9.56. The van der Waals surface area contributed by atoms with E-state index in [0.717, 1.165) is 19.3 Å². The number of hydrogen-bond donors (Lipinski definition) is 1. The van der Waals surface area contributed by atoms with Crippen molar-refractivity contribution in [3.63, 3.8) is 0 Å². The van der Waals surface area contributed by atoms with Crippen molar-refractivity contribution in [3.05, 3.63) is 34.1 Å². The van der Waals surface area contributed by atoms with E-state index in [2.05, 4.69) is 12.2 Å². The molecule has 1 saturated carbocycles. The molecule has 1 N–H and O–H groups in total. The van der Waals surface area contributed by atoms with Gasteiger partial charge in [0.1, 0.15) is 10.7 Å². The molecule has 6 heteroatoms. The average Bonchev–Trinajstić information content (AvgIpc) is 2.88. The van der Waals surface area contributed by atoms with E-state index in [1.165, 1.54) is 30.7 Å². The molecule has 0 radical (unpaired) electrons. The van der Waals surface area contributed by atoms with Crippen LogP contribution in [-0.2, 0) is 4.79 Å². The van der Waals surface area contributed by atoms with Crippen molar-refractivity contribution in [2.75, 3.05) is 0 Å². The van der Waals surface area contributed by atoms with E-state index in [9.17, 15) is 14.9 Å². The molecule has 0 aromatic carbocycles. The Balaban J connectivity index is 1.89. The van der Waals surface area contributed by atoms with Gasteiger partial charge in [-0.2, -0.15) is 0 Å². The number of hydrogen-bond acceptors (Lipinski definition) is 4. The molecule has 1 aromatic heterocycles. The van der Waals surface area contributed by atoms with Crippen LogP contribution >= 0.6 is 0 Å². The number of nitrogens with zero attached hydrogens (tertiary/aromatic N) is 1. The van der Waals surface area contributed by atoms with Crippen LogP contribution in [0.15, 0.2) is 22.6 Å². The fraction of sp³-hybridized carbons (Fsp3) is 0.500. The van der Waals surface area contributed by atoms with Gasteiger partial charge in [-0.15, -0.1) is 0 Å². The molecule has 2 rings (SSSR count). The zero-order chi connectivity index (χ0) is 14.5. The van der Waals surface area contributed by atoms with Crippen molar-refractivity contribution >= 4 is 17.9 Å². The zero-order valence-corrected chi connectivity index (χ0v) is 11.4. The highest BCUT2D eigenvalue weighted by atomic mass is 16.6. The second-order valence-corrected chi connectivity index (χ2v) is 5.14. The molecule has 0 unspecified atom stereocenters.